The average Bonchev–Trinajstić information content (AvgIpc) is 3.09. The van der Waals surface area contributed by atoms with Crippen molar-refractivity contribution in [3.8, 4) is 0 Å². The van der Waals surface area contributed by atoms with Crippen molar-refractivity contribution in [2.75, 3.05) is 51.3 Å². The molecule has 3 amide bonds. The van der Waals surface area contributed by atoms with Gasteiger partial charge in [-0.2, -0.15) is 0 Å². The van der Waals surface area contributed by atoms with Crippen molar-refractivity contribution in [3.05, 3.63) is 59.2 Å². The Kier molecular flexibility index (Phi) is 7.48. The summed E-state index contributed by atoms with van der Waals surface area (Å²) in [6, 6.07) is 12.8. The molecule has 0 aliphatic carbocycles. The monoisotopic (exact) mass is 484 g/mol. The Morgan fingerprint density at radius 2 is 1.82 bits per heavy atom. The minimum absolute atomic E-state index is 0.0673. The van der Waals surface area contributed by atoms with Gasteiger partial charge in [-0.1, -0.05) is 35.9 Å². The smallest absolute Gasteiger partial charge is 0.240 e. The molecule has 1 atom stereocenters. The van der Waals surface area contributed by atoms with E-state index in [-0.39, 0.29) is 37.1 Å². The van der Waals surface area contributed by atoms with E-state index in [1.807, 2.05) is 18.2 Å². The van der Waals surface area contributed by atoms with Crippen LogP contribution < -0.4 is 4.90 Å². The molecule has 3 heterocycles. The van der Waals surface area contributed by atoms with Crippen molar-refractivity contribution < 1.29 is 19.1 Å². The molecule has 4 rings (SSSR count). The highest BCUT2D eigenvalue weighted by Gasteiger charge is 2.54. The number of hydrogen-bond donors (Lipinski definition) is 0. The second-order valence-electron chi connectivity index (χ2n) is 8.67. The number of halogens is 1. The van der Waals surface area contributed by atoms with Crippen molar-refractivity contribution in [3.63, 3.8) is 0 Å². The molecule has 1 unspecified atom stereocenters. The molecule has 9 heteroatoms. The van der Waals surface area contributed by atoms with Crippen LogP contribution in [0.4, 0.5) is 5.82 Å². The zero-order valence-electron chi connectivity index (χ0n) is 19.3. The first kappa shape index (κ1) is 24.2. The van der Waals surface area contributed by atoms with E-state index in [9.17, 15) is 14.4 Å². The highest BCUT2D eigenvalue weighted by molar-refractivity contribution is 6.32. The van der Waals surface area contributed by atoms with Crippen molar-refractivity contribution in [1.82, 2.24) is 14.8 Å². The number of pyridine rings is 1. The van der Waals surface area contributed by atoms with E-state index >= 15 is 0 Å². The van der Waals surface area contributed by atoms with Crippen LogP contribution in [0.25, 0.3) is 0 Å². The molecule has 1 aromatic heterocycles. The molecule has 34 heavy (non-hydrogen) atoms. The van der Waals surface area contributed by atoms with Crippen LogP contribution in [0, 0.1) is 0 Å². The molecule has 0 bridgehead atoms. The summed E-state index contributed by atoms with van der Waals surface area (Å²) >= 11 is 6.50. The van der Waals surface area contributed by atoms with Crippen LogP contribution in [-0.4, -0.2) is 78.9 Å². The number of carbonyl (C=O) groups is 3. The third-order valence-corrected chi connectivity index (χ3v) is 6.92. The third-order valence-electron chi connectivity index (χ3n) is 6.59. The van der Waals surface area contributed by atoms with Crippen molar-refractivity contribution in [2.24, 2.45) is 0 Å². The number of hydrogen-bond acceptors (Lipinski definition) is 6. The number of methoxy groups -OCH3 is 1. The van der Waals surface area contributed by atoms with Gasteiger partial charge in [-0.05, 0) is 30.2 Å². The minimum Gasteiger partial charge on any atom is -0.385 e. The summed E-state index contributed by atoms with van der Waals surface area (Å²) in [4.78, 5) is 49.6. The Hall–Kier alpha value is -2.97. The van der Waals surface area contributed by atoms with E-state index in [1.54, 1.807) is 42.5 Å². The van der Waals surface area contributed by atoms with E-state index in [2.05, 4.69) is 9.88 Å². The zero-order valence-corrected chi connectivity index (χ0v) is 20.0. The summed E-state index contributed by atoms with van der Waals surface area (Å²) in [5, 5.41) is 0.384. The van der Waals surface area contributed by atoms with Gasteiger partial charge in [0, 0.05) is 70.5 Å². The summed E-state index contributed by atoms with van der Waals surface area (Å²) in [6.45, 7) is 3.04. The first-order valence-electron chi connectivity index (χ1n) is 11.5. The zero-order chi connectivity index (χ0) is 24.1. The van der Waals surface area contributed by atoms with Gasteiger partial charge in [-0.15, -0.1) is 0 Å². The number of piperazine rings is 1. The van der Waals surface area contributed by atoms with Gasteiger partial charge in [0.2, 0.25) is 17.7 Å². The van der Waals surface area contributed by atoms with Crippen LogP contribution in [0.1, 0.15) is 24.8 Å². The molecule has 2 aliphatic rings. The maximum atomic E-state index is 13.7. The summed E-state index contributed by atoms with van der Waals surface area (Å²) in [7, 11) is 1.58. The third kappa shape index (κ3) is 4.79. The number of ether oxygens (including phenoxy) is 1. The highest BCUT2D eigenvalue weighted by Crippen LogP contribution is 2.43. The van der Waals surface area contributed by atoms with Crippen molar-refractivity contribution >= 4 is 35.1 Å². The SMILES string of the molecule is COCCCN1C(=O)CC(CC(=O)N2CCN(c3ccccn3)CC2)(c2ccccc2Cl)C1=O. The molecular weight excluding hydrogens is 456 g/mol. The Labute approximate surface area is 204 Å². The lowest BCUT2D eigenvalue weighted by Crippen LogP contribution is -2.51. The minimum atomic E-state index is -1.29. The van der Waals surface area contributed by atoms with Gasteiger partial charge in [0.25, 0.3) is 0 Å². The number of likely N-dealkylation sites (tertiary alicyclic amines) is 1. The van der Waals surface area contributed by atoms with Gasteiger partial charge < -0.3 is 14.5 Å². The van der Waals surface area contributed by atoms with Gasteiger partial charge in [0.1, 0.15) is 5.82 Å². The molecule has 0 N–H and O–H groups in total. The maximum absolute atomic E-state index is 13.7. The summed E-state index contributed by atoms with van der Waals surface area (Å²) in [6.07, 6.45) is 2.13. The number of carbonyl (C=O) groups excluding carboxylic acids is 3. The Morgan fingerprint density at radius 1 is 1.09 bits per heavy atom. The lowest BCUT2D eigenvalue weighted by Gasteiger charge is -2.37. The first-order valence-corrected chi connectivity index (χ1v) is 11.9. The standard InChI is InChI=1S/C25H29ClN4O4/c1-34-16-6-11-30-23(32)18-25(24(30)33,19-7-2-3-8-20(19)26)17-22(31)29-14-12-28(13-15-29)21-9-4-5-10-27-21/h2-5,7-10H,6,11-18H2,1H3. The molecule has 8 nitrogen and oxygen atoms in total. The fraction of sp³-hybridized carbons (Fsp3) is 0.440. The average molecular weight is 485 g/mol. The van der Waals surface area contributed by atoms with Crippen LogP contribution in [0.3, 0.4) is 0 Å². The van der Waals surface area contributed by atoms with Gasteiger partial charge >= 0.3 is 0 Å². The molecule has 0 radical (unpaired) electrons. The molecule has 2 fully saturated rings. The largest absolute Gasteiger partial charge is 0.385 e. The van der Waals surface area contributed by atoms with E-state index in [1.165, 1.54) is 4.90 Å². The highest BCUT2D eigenvalue weighted by atomic mass is 35.5. The quantitative estimate of drug-likeness (QED) is 0.423. The van der Waals surface area contributed by atoms with Gasteiger partial charge in [0.15, 0.2) is 0 Å². The molecule has 2 aliphatic heterocycles. The number of nitrogens with zero attached hydrogens (tertiary/aromatic N) is 4. The Morgan fingerprint density at radius 3 is 2.50 bits per heavy atom. The van der Waals surface area contributed by atoms with Crippen LogP contribution in [0.5, 0.6) is 0 Å². The Balaban J connectivity index is 1.53. The maximum Gasteiger partial charge on any atom is 0.240 e. The molecule has 0 saturated carbocycles. The van der Waals surface area contributed by atoms with E-state index in [0.717, 1.165) is 5.82 Å². The van der Waals surface area contributed by atoms with Crippen molar-refractivity contribution in [1.29, 1.82) is 0 Å². The number of imide groups is 1. The number of benzene rings is 1. The Bertz CT molecular complexity index is 1040. The first-order chi connectivity index (χ1) is 16.5. The second kappa shape index (κ2) is 10.5. The van der Waals surface area contributed by atoms with Gasteiger partial charge in [0.05, 0.1) is 5.41 Å². The van der Waals surface area contributed by atoms with Crippen LogP contribution >= 0.6 is 11.6 Å². The topological polar surface area (TPSA) is 83.1 Å². The molecule has 0 spiro atoms. The summed E-state index contributed by atoms with van der Waals surface area (Å²) in [5.74, 6) is 0.0851. The molecule has 2 saturated heterocycles. The number of aromatic nitrogens is 1. The predicted octanol–water partition coefficient (Wildman–Crippen LogP) is 2.51. The van der Waals surface area contributed by atoms with Gasteiger partial charge in [-0.25, -0.2) is 4.98 Å². The van der Waals surface area contributed by atoms with Crippen LogP contribution in [-0.2, 0) is 24.5 Å². The number of amides is 3. The summed E-state index contributed by atoms with van der Waals surface area (Å²) in [5.41, 5.74) is -0.762. The fourth-order valence-electron chi connectivity index (χ4n) is 4.78. The molecular formula is C25H29ClN4O4. The number of rotatable bonds is 8. The molecule has 2 aromatic rings. The van der Waals surface area contributed by atoms with Crippen LogP contribution in [0.15, 0.2) is 48.7 Å². The predicted molar refractivity (Wildman–Crippen MR) is 129 cm³/mol. The lowest BCUT2D eigenvalue weighted by atomic mass is 9.75. The number of anilines is 1. The normalized spacial score (nSPS) is 20.8. The fourth-order valence-corrected chi connectivity index (χ4v) is 5.10. The molecule has 1 aromatic carbocycles. The lowest BCUT2D eigenvalue weighted by molar-refractivity contribution is -0.143. The second-order valence-corrected chi connectivity index (χ2v) is 9.08. The van der Waals surface area contributed by atoms with E-state index in [4.69, 9.17) is 16.3 Å². The van der Waals surface area contributed by atoms with Crippen molar-refractivity contribution in [2.45, 2.75) is 24.7 Å². The van der Waals surface area contributed by atoms with E-state index < -0.39 is 5.41 Å². The van der Waals surface area contributed by atoms with Gasteiger partial charge in [-0.3, -0.25) is 19.3 Å². The summed E-state index contributed by atoms with van der Waals surface area (Å²) < 4.78 is 5.07. The van der Waals surface area contributed by atoms with Crippen LogP contribution in [0.2, 0.25) is 5.02 Å². The van der Waals surface area contributed by atoms with E-state index in [0.29, 0.717) is 49.8 Å². The molecule has 180 valence electrons.